The van der Waals surface area contributed by atoms with Gasteiger partial charge in [-0.15, -0.1) is 0 Å². The molecule has 0 bridgehead atoms. The summed E-state index contributed by atoms with van der Waals surface area (Å²) in [5.41, 5.74) is 3.03. The maximum absolute atomic E-state index is 13.0. The van der Waals surface area contributed by atoms with Crippen molar-refractivity contribution in [2.45, 2.75) is 39.2 Å². The molecular weight excluding hydrogens is 376 g/mol. The molecule has 1 aromatic carbocycles. The van der Waals surface area contributed by atoms with Crippen LogP contribution in [0, 0.1) is 6.92 Å². The van der Waals surface area contributed by atoms with Gasteiger partial charge in [-0.2, -0.15) is 0 Å². The molecule has 1 saturated heterocycles. The zero-order chi connectivity index (χ0) is 20.9. The molecule has 1 N–H and O–H groups in total. The predicted octanol–water partition coefficient (Wildman–Crippen LogP) is 3.06. The number of aryl methyl sites for hydroxylation is 1. The van der Waals surface area contributed by atoms with Crippen LogP contribution < -0.4 is 15.1 Å². The number of carbonyl (C=O) groups is 1. The lowest BCUT2D eigenvalue weighted by Gasteiger charge is -2.26. The first-order valence-corrected chi connectivity index (χ1v) is 11.0. The van der Waals surface area contributed by atoms with E-state index in [0.717, 1.165) is 48.0 Å². The molecule has 1 fully saturated rings. The summed E-state index contributed by atoms with van der Waals surface area (Å²) < 4.78 is 0. The Labute approximate surface area is 179 Å². The maximum Gasteiger partial charge on any atom is 0.246 e. The number of likely N-dealkylation sites (N-methyl/N-ethyl adjacent to an activating group) is 1. The van der Waals surface area contributed by atoms with Crippen molar-refractivity contribution in [3.8, 4) is 0 Å². The molecule has 2 aromatic rings. The number of hydrogen-bond acceptors (Lipinski definition) is 6. The minimum Gasteiger partial charge on any atom is -0.370 e. The molecule has 2 aliphatic rings. The van der Waals surface area contributed by atoms with Crippen molar-refractivity contribution in [1.29, 1.82) is 0 Å². The van der Waals surface area contributed by atoms with Gasteiger partial charge in [0.15, 0.2) is 0 Å². The van der Waals surface area contributed by atoms with Crippen LogP contribution in [0.25, 0.3) is 0 Å². The first-order valence-electron chi connectivity index (χ1n) is 11.0. The van der Waals surface area contributed by atoms with Crippen LogP contribution in [0.4, 0.5) is 17.3 Å². The summed E-state index contributed by atoms with van der Waals surface area (Å²) in [7, 11) is 1.92. The van der Waals surface area contributed by atoms with E-state index in [1.165, 1.54) is 32.4 Å². The van der Waals surface area contributed by atoms with Crippen LogP contribution in [0.2, 0.25) is 0 Å². The summed E-state index contributed by atoms with van der Waals surface area (Å²) in [6, 6.07) is 8.09. The van der Waals surface area contributed by atoms with Gasteiger partial charge in [-0.3, -0.25) is 4.79 Å². The van der Waals surface area contributed by atoms with Crippen LogP contribution in [0.5, 0.6) is 0 Å². The molecule has 2 aliphatic heterocycles. The molecule has 4 rings (SSSR count). The number of aromatic nitrogens is 2. The normalized spacial score (nSPS) is 17.6. The molecular formula is C23H32N6O. The second-order valence-corrected chi connectivity index (χ2v) is 8.38. The molecule has 160 valence electrons. The second kappa shape index (κ2) is 9.43. The number of fused-ring (bicyclic) bond motifs is 1. The third kappa shape index (κ3) is 4.73. The predicted molar refractivity (Wildman–Crippen MR) is 121 cm³/mol. The number of hydrogen-bond donors (Lipinski definition) is 1. The average molecular weight is 409 g/mol. The van der Waals surface area contributed by atoms with E-state index in [2.05, 4.69) is 26.3 Å². The number of carbonyl (C=O) groups excluding carboxylic acids is 1. The van der Waals surface area contributed by atoms with E-state index in [-0.39, 0.29) is 5.91 Å². The Morgan fingerprint density at radius 1 is 1.10 bits per heavy atom. The Hall–Kier alpha value is -2.67. The van der Waals surface area contributed by atoms with E-state index in [1.807, 2.05) is 42.0 Å². The van der Waals surface area contributed by atoms with Crippen LogP contribution in [0.1, 0.15) is 36.8 Å². The number of benzene rings is 1. The summed E-state index contributed by atoms with van der Waals surface area (Å²) in [6.07, 6.45) is 6.68. The van der Waals surface area contributed by atoms with Crippen molar-refractivity contribution in [2.75, 3.05) is 54.9 Å². The highest BCUT2D eigenvalue weighted by Crippen LogP contribution is 2.30. The molecule has 3 heterocycles. The highest BCUT2D eigenvalue weighted by atomic mass is 16.2. The van der Waals surface area contributed by atoms with Crippen LogP contribution in [-0.4, -0.2) is 60.5 Å². The van der Waals surface area contributed by atoms with E-state index >= 15 is 0 Å². The minimum atomic E-state index is 0.0668. The Balaban J connectivity index is 1.49. The number of amides is 1. The van der Waals surface area contributed by atoms with Crippen molar-refractivity contribution < 1.29 is 4.79 Å². The van der Waals surface area contributed by atoms with Crippen LogP contribution in [-0.2, 0) is 11.3 Å². The molecule has 0 radical (unpaired) electrons. The summed E-state index contributed by atoms with van der Waals surface area (Å²) >= 11 is 0. The van der Waals surface area contributed by atoms with Gasteiger partial charge in [-0.25, -0.2) is 9.97 Å². The number of piperidine rings is 1. The SMILES string of the molecule is Cc1cccc(N2Cc3c(NCCCN4CCCCC4)ncnc3N(C)CC2=O)c1. The molecule has 30 heavy (non-hydrogen) atoms. The van der Waals surface area contributed by atoms with Crippen molar-refractivity contribution >= 4 is 23.2 Å². The van der Waals surface area contributed by atoms with Crippen molar-refractivity contribution in [3.05, 3.63) is 41.7 Å². The first kappa shape index (κ1) is 20.6. The molecule has 0 spiro atoms. The Morgan fingerprint density at radius 2 is 1.93 bits per heavy atom. The quantitative estimate of drug-likeness (QED) is 0.741. The van der Waals surface area contributed by atoms with Crippen molar-refractivity contribution in [1.82, 2.24) is 14.9 Å². The molecule has 1 amide bonds. The first-order chi connectivity index (χ1) is 14.6. The lowest BCUT2D eigenvalue weighted by Crippen LogP contribution is -2.35. The van der Waals surface area contributed by atoms with Crippen LogP contribution in [0.3, 0.4) is 0 Å². The average Bonchev–Trinajstić information content (AvgIpc) is 2.88. The van der Waals surface area contributed by atoms with Gasteiger partial charge in [-0.1, -0.05) is 18.6 Å². The number of nitrogens with one attached hydrogen (secondary N) is 1. The van der Waals surface area contributed by atoms with Gasteiger partial charge >= 0.3 is 0 Å². The van der Waals surface area contributed by atoms with Gasteiger partial charge in [0, 0.05) is 19.3 Å². The Morgan fingerprint density at radius 3 is 2.73 bits per heavy atom. The molecule has 7 heteroatoms. The highest BCUT2D eigenvalue weighted by molar-refractivity contribution is 5.98. The van der Waals surface area contributed by atoms with Crippen molar-refractivity contribution in [3.63, 3.8) is 0 Å². The summed E-state index contributed by atoms with van der Waals surface area (Å²) in [5.74, 6) is 1.72. The summed E-state index contributed by atoms with van der Waals surface area (Å²) in [6.45, 7) is 7.24. The van der Waals surface area contributed by atoms with E-state index in [9.17, 15) is 4.79 Å². The molecule has 0 aliphatic carbocycles. The fraction of sp³-hybridized carbons (Fsp3) is 0.522. The second-order valence-electron chi connectivity index (χ2n) is 8.38. The third-order valence-corrected chi connectivity index (χ3v) is 5.98. The minimum absolute atomic E-state index is 0.0668. The monoisotopic (exact) mass is 408 g/mol. The highest BCUT2D eigenvalue weighted by Gasteiger charge is 2.28. The molecule has 7 nitrogen and oxygen atoms in total. The van der Waals surface area contributed by atoms with E-state index in [4.69, 9.17) is 0 Å². The molecule has 1 aromatic heterocycles. The lowest BCUT2D eigenvalue weighted by atomic mass is 10.1. The van der Waals surface area contributed by atoms with E-state index in [0.29, 0.717) is 13.1 Å². The Kier molecular flexibility index (Phi) is 6.47. The zero-order valence-electron chi connectivity index (χ0n) is 18.1. The maximum atomic E-state index is 13.0. The fourth-order valence-corrected chi connectivity index (χ4v) is 4.36. The Bertz CT molecular complexity index is 880. The number of likely N-dealkylation sites (tertiary alicyclic amines) is 1. The van der Waals surface area contributed by atoms with Gasteiger partial charge in [0.2, 0.25) is 5.91 Å². The van der Waals surface area contributed by atoms with Crippen molar-refractivity contribution in [2.24, 2.45) is 0 Å². The van der Waals surface area contributed by atoms with Gasteiger partial charge in [-0.05, 0) is 63.5 Å². The van der Waals surface area contributed by atoms with Gasteiger partial charge in [0.1, 0.15) is 18.0 Å². The summed E-state index contributed by atoms with van der Waals surface area (Å²) in [4.78, 5) is 28.3. The molecule has 0 atom stereocenters. The zero-order valence-corrected chi connectivity index (χ0v) is 18.1. The number of nitrogens with zero attached hydrogens (tertiary/aromatic N) is 5. The molecule has 0 saturated carbocycles. The van der Waals surface area contributed by atoms with Crippen LogP contribution in [0.15, 0.2) is 30.6 Å². The van der Waals surface area contributed by atoms with Gasteiger partial charge in [0.25, 0.3) is 0 Å². The fourth-order valence-electron chi connectivity index (χ4n) is 4.36. The largest absolute Gasteiger partial charge is 0.370 e. The number of rotatable bonds is 6. The van der Waals surface area contributed by atoms with E-state index in [1.54, 1.807) is 6.33 Å². The van der Waals surface area contributed by atoms with Gasteiger partial charge in [0.05, 0.1) is 18.7 Å². The number of anilines is 3. The molecule has 0 unspecified atom stereocenters. The summed E-state index contributed by atoms with van der Waals surface area (Å²) in [5, 5.41) is 3.52. The van der Waals surface area contributed by atoms with E-state index < -0.39 is 0 Å². The third-order valence-electron chi connectivity index (χ3n) is 5.98. The van der Waals surface area contributed by atoms with Gasteiger partial charge < -0.3 is 20.0 Å². The van der Waals surface area contributed by atoms with Crippen LogP contribution >= 0.6 is 0 Å². The topological polar surface area (TPSA) is 64.6 Å². The smallest absolute Gasteiger partial charge is 0.246 e. The standard InChI is InChI=1S/C23H32N6O/c1-18-8-6-9-19(14-18)29-15-20-22(24-10-7-13-28-11-4-3-5-12-28)25-17-26-23(20)27(2)16-21(29)30/h6,8-9,14,17H,3-5,7,10-13,15-16H2,1-2H3,(H,24,25,26). The lowest BCUT2D eigenvalue weighted by molar-refractivity contribution is -0.117.